The summed E-state index contributed by atoms with van der Waals surface area (Å²) >= 11 is 0. The Morgan fingerprint density at radius 3 is 1.53 bits per heavy atom. The SMILES string of the molecule is C/C=C/C(=O)OC(=O)/C=C/C.C=C(C)C(=O)O. The zero-order valence-electron chi connectivity index (χ0n) is 10.1. The molecule has 0 amide bonds. The Morgan fingerprint density at radius 1 is 1.06 bits per heavy atom. The third-order valence-electron chi connectivity index (χ3n) is 1.17. The first kappa shape index (κ1) is 17.2. The fraction of sp³-hybridized carbons (Fsp3) is 0.250. The molecule has 0 aliphatic rings. The second-order valence-electron chi connectivity index (χ2n) is 2.83. The van der Waals surface area contributed by atoms with Crippen molar-refractivity contribution in [1.82, 2.24) is 0 Å². The molecule has 0 radical (unpaired) electrons. The van der Waals surface area contributed by atoms with Crippen molar-refractivity contribution < 1.29 is 24.2 Å². The van der Waals surface area contributed by atoms with Gasteiger partial charge in [0.15, 0.2) is 0 Å². The number of rotatable bonds is 3. The van der Waals surface area contributed by atoms with Crippen LogP contribution in [-0.4, -0.2) is 23.0 Å². The Kier molecular flexibility index (Phi) is 10.5. The van der Waals surface area contributed by atoms with E-state index in [1.807, 2.05) is 0 Å². The summed E-state index contributed by atoms with van der Waals surface area (Å²) in [4.78, 5) is 30.7. The number of esters is 2. The maximum absolute atomic E-state index is 10.6. The lowest BCUT2D eigenvalue weighted by molar-refractivity contribution is -0.152. The topological polar surface area (TPSA) is 80.7 Å². The number of hydrogen-bond acceptors (Lipinski definition) is 4. The first-order valence-corrected chi connectivity index (χ1v) is 4.75. The molecule has 0 aromatic carbocycles. The number of carboxylic acids is 1. The molecule has 0 atom stereocenters. The van der Waals surface area contributed by atoms with Crippen LogP contribution in [-0.2, 0) is 19.1 Å². The molecule has 0 unspecified atom stereocenters. The van der Waals surface area contributed by atoms with Crippen LogP contribution >= 0.6 is 0 Å². The minimum absolute atomic E-state index is 0.176. The van der Waals surface area contributed by atoms with E-state index < -0.39 is 17.9 Å². The Balaban J connectivity index is 0. The lowest BCUT2D eigenvalue weighted by Crippen LogP contribution is -2.06. The highest BCUT2D eigenvalue weighted by Gasteiger charge is 2.00. The Bertz CT molecular complexity index is 316. The lowest BCUT2D eigenvalue weighted by atomic mass is 10.4. The summed E-state index contributed by atoms with van der Waals surface area (Å²) in [5, 5.41) is 7.89. The van der Waals surface area contributed by atoms with E-state index in [1.165, 1.54) is 31.2 Å². The van der Waals surface area contributed by atoms with Gasteiger partial charge in [0.25, 0.3) is 0 Å². The fourth-order valence-corrected chi connectivity index (χ4v) is 0.439. The normalized spacial score (nSPS) is 9.59. The molecule has 5 heteroatoms. The fourth-order valence-electron chi connectivity index (χ4n) is 0.439. The summed E-state index contributed by atoms with van der Waals surface area (Å²) in [6, 6.07) is 0. The van der Waals surface area contributed by atoms with Gasteiger partial charge in [-0.2, -0.15) is 0 Å². The first-order chi connectivity index (χ1) is 7.84. The molecule has 0 saturated heterocycles. The monoisotopic (exact) mass is 240 g/mol. The maximum atomic E-state index is 10.6. The van der Waals surface area contributed by atoms with E-state index in [2.05, 4.69) is 11.3 Å². The highest BCUT2D eigenvalue weighted by atomic mass is 16.6. The molecular formula is C12H16O5. The molecule has 1 N–H and O–H groups in total. The van der Waals surface area contributed by atoms with E-state index in [0.29, 0.717) is 0 Å². The smallest absolute Gasteiger partial charge is 0.338 e. The van der Waals surface area contributed by atoms with Gasteiger partial charge in [0.05, 0.1) is 0 Å². The van der Waals surface area contributed by atoms with Crippen molar-refractivity contribution in [2.75, 3.05) is 0 Å². The molecule has 0 rings (SSSR count). The van der Waals surface area contributed by atoms with Crippen LogP contribution in [0.2, 0.25) is 0 Å². The third kappa shape index (κ3) is 13.8. The molecule has 0 aromatic rings. The average Bonchev–Trinajstić information content (AvgIpc) is 2.18. The second kappa shape index (κ2) is 10.4. The van der Waals surface area contributed by atoms with Crippen molar-refractivity contribution in [2.45, 2.75) is 20.8 Å². The number of allylic oxidation sites excluding steroid dienone is 2. The van der Waals surface area contributed by atoms with Crippen LogP contribution in [0, 0.1) is 0 Å². The first-order valence-electron chi connectivity index (χ1n) is 4.75. The largest absolute Gasteiger partial charge is 0.478 e. The van der Waals surface area contributed by atoms with Gasteiger partial charge in [-0.05, 0) is 20.8 Å². The second-order valence-corrected chi connectivity index (χ2v) is 2.83. The minimum atomic E-state index is -0.935. The molecule has 0 fully saturated rings. The predicted molar refractivity (Wildman–Crippen MR) is 63.2 cm³/mol. The number of carbonyl (C=O) groups excluding carboxylic acids is 2. The van der Waals surface area contributed by atoms with Crippen molar-refractivity contribution in [3.05, 3.63) is 36.5 Å². The van der Waals surface area contributed by atoms with Gasteiger partial charge in [0.1, 0.15) is 0 Å². The number of carboxylic acid groups (broad SMARTS) is 1. The van der Waals surface area contributed by atoms with Crippen molar-refractivity contribution in [3.8, 4) is 0 Å². The van der Waals surface area contributed by atoms with Gasteiger partial charge in [-0.15, -0.1) is 0 Å². The minimum Gasteiger partial charge on any atom is -0.478 e. The molecule has 94 valence electrons. The Labute approximate surface area is 100 Å². The van der Waals surface area contributed by atoms with Crippen LogP contribution in [0.1, 0.15) is 20.8 Å². The van der Waals surface area contributed by atoms with E-state index in [0.717, 1.165) is 0 Å². The van der Waals surface area contributed by atoms with Crippen LogP contribution in [0.15, 0.2) is 36.5 Å². The highest BCUT2D eigenvalue weighted by molar-refractivity contribution is 5.96. The van der Waals surface area contributed by atoms with Crippen LogP contribution in [0.25, 0.3) is 0 Å². The van der Waals surface area contributed by atoms with Crippen LogP contribution in [0.5, 0.6) is 0 Å². The summed E-state index contributed by atoms with van der Waals surface area (Å²) < 4.78 is 4.28. The molecule has 17 heavy (non-hydrogen) atoms. The lowest BCUT2D eigenvalue weighted by Gasteiger charge is -1.91. The zero-order valence-corrected chi connectivity index (χ0v) is 10.1. The molecule has 0 aliphatic carbocycles. The number of aliphatic carboxylic acids is 1. The third-order valence-corrected chi connectivity index (χ3v) is 1.17. The summed E-state index contributed by atoms with van der Waals surface area (Å²) in [5.74, 6) is -2.22. The van der Waals surface area contributed by atoms with Crippen LogP contribution in [0.4, 0.5) is 0 Å². The quantitative estimate of drug-likeness (QED) is 0.462. The van der Waals surface area contributed by atoms with Crippen molar-refractivity contribution >= 4 is 17.9 Å². The predicted octanol–water partition coefficient (Wildman–Crippen LogP) is 1.86. The molecule has 0 aliphatic heterocycles. The van der Waals surface area contributed by atoms with Gasteiger partial charge >= 0.3 is 17.9 Å². The van der Waals surface area contributed by atoms with Gasteiger partial charge < -0.3 is 9.84 Å². The number of ether oxygens (including phenoxy) is 1. The van der Waals surface area contributed by atoms with E-state index in [-0.39, 0.29) is 5.57 Å². The van der Waals surface area contributed by atoms with Gasteiger partial charge in [0, 0.05) is 17.7 Å². The molecule has 0 spiro atoms. The summed E-state index contributed by atoms with van der Waals surface area (Å²) in [5.41, 5.74) is 0.176. The summed E-state index contributed by atoms with van der Waals surface area (Å²) in [7, 11) is 0. The Morgan fingerprint density at radius 2 is 1.35 bits per heavy atom. The van der Waals surface area contributed by atoms with E-state index in [1.54, 1.807) is 13.8 Å². The van der Waals surface area contributed by atoms with Crippen LogP contribution < -0.4 is 0 Å². The zero-order chi connectivity index (χ0) is 13.8. The van der Waals surface area contributed by atoms with Crippen molar-refractivity contribution in [2.24, 2.45) is 0 Å². The van der Waals surface area contributed by atoms with Gasteiger partial charge in [-0.3, -0.25) is 0 Å². The summed E-state index contributed by atoms with van der Waals surface area (Å²) in [6.07, 6.45) is 5.37. The molecule has 0 aromatic heterocycles. The van der Waals surface area contributed by atoms with E-state index >= 15 is 0 Å². The molecule has 0 heterocycles. The van der Waals surface area contributed by atoms with Gasteiger partial charge in [0.2, 0.25) is 0 Å². The number of hydrogen-bond donors (Lipinski definition) is 1. The molecule has 5 nitrogen and oxygen atoms in total. The van der Waals surface area contributed by atoms with E-state index in [4.69, 9.17) is 5.11 Å². The number of carbonyl (C=O) groups is 3. The van der Waals surface area contributed by atoms with E-state index in [9.17, 15) is 14.4 Å². The summed E-state index contributed by atoms with van der Waals surface area (Å²) in [6.45, 7) is 7.94. The van der Waals surface area contributed by atoms with Crippen LogP contribution in [0.3, 0.4) is 0 Å². The molecule has 0 saturated carbocycles. The Hall–Kier alpha value is -2.17. The molecular weight excluding hydrogens is 224 g/mol. The molecule has 0 bridgehead atoms. The maximum Gasteiger partial charge on any atom is 0.338 e. The average molecular weight is 240 g/mol. The van der Waals surface area contributed by atoms with Crippen molar-refractivity contribution in [1.29, 1.82) is 0 Å². The van der Waals surface area contributed by atoms with Gasteiger partial charge in [-0.1, -0.05) is 18.7 Å². The standard InChI is InChI=1S/C8H10O3.C4H6O2/c1-3-5-7(9)11-8(10)6-4-2;1-3(2)4(5)6/h3-6H,1-2H3;1H2,2H3,(H,5,6)/b5-3+,6-4+;. The van der Waals surface area contributed by atoms with Crippen molar-refractivity contribution in [3.63, 3.8) is 0 Å². The van der Waals surface area contributed by atoms with Gasteiger partial charge in [-0.25, -0.2) is 14.4 Å². The highest BCUT2D eigenvalue weighted by Crippen LogP contribution is 1.85.